The highest BCUT2D eigenvalue weighted by molar-refractivity contribution is 14.0. The summed E-state index contributed by atoms with van der Waals surface area (Å²) in [5.74, 6) is 0.468. The fourth-order valence-electron chi connectivity index (χ4n) is 2.53. The molecule has 0 fully saturated rings. The van der Waals surface area contributed by atoms with E-state index in [9.17, 15) is 9.18 Å². The van der Waals surface area contributed by atoms with Gasteiger partial charge in [0.25, 0.3) is 5.91 Å². The van der Waals surface area contributed by atoms with Gasteiger partial charge in [0.05, 0.1) is 6.54 Å². The molecule has 0 spiro atoms. The average molecular weight is 498 g/mol. The lowest BCUT2D eigenvalue weighted by Gasteiger charge is -2.13. The van der Waals surface area contributed by atoms with Crippen molar-refractivity contribution in [3.63, 3.8) is 0 Å². The molecular weight excluding hydrogens is 470 g/mol. The van der Waals surface area contributed by atoms with E-state index in [0.29, 0.717) is 30.2 Å². The van der Waals surface area contributed by atoms with E-state index in [1.54, 1.807) is 32.0 Å². The van der Waals surface area contributed by atoms with Crippen molar-refractivity contribution >= 4 is 35.8 Å². The maximum absolute atomic E-state index is 13.4. The quantitative estimate of drug-likeness (QED) is 0.363. The number of hydrogen-bond donors (Lipinski definition) is 2. The number of carbonyl (C=O) groups is 1. The predicted octanol–water partition coefficient (Wildman–Crippen LogP) is 3.71. The normalized spacial score (nSPS) is 10.8. The number of hydrogen-bond acceptors (Lipinski definition) is 2. The predicted molar refractivity (Wildman–Crippen MR) is 123 cm³/mol. The monoisotopic (exact) mass is 498 g/mol. The fourth-order valence-corrected chi connectivity index (χ4v) is 2.53. The summed E-state index contributed by atoms with van der Waals surface area (Å²) in [5.41, 5.74) is 3.29. The Bertz CT molecular complexity index is 807. The first-order chi connectivity index (χ1) is 12.9. The molecule has 0 aliphatic carbocycles. The smallest absolute Gasteiger partial charge is 0.253 e. The molecule has 0 aliphatic heterocycles. The first kappa shape index (κ1) is 23.9. The van der Waals surface area contributed by atoms with E-state index in [-0.39, 0.29) is 35.7 Å². The third kappa shape index (κ3) is 7.10. The van der Waals surface area contributed by atoms with Crippen LogP contribution in [-0.4, -0.2) is 37.4 Å². The van der Waals surface area contributed by atoms with Gasteiger partial charge in [-0.3, -0.25) is 4.79 Å². The molecule has 0 radical (unpaired) electrons. The van der Waals surface area contributed by atoms with Crippen LogP contribution in [0.4, 0.5) is 4.39 Å². The lowest BCUT2D eigenvalue weighted by atomic mass is 10.1. The number of carbonyl (C=O) groups excluding carboxylic acids is 1. The van der Waals surface area contributed by atoms with Gasteiger partial charge in [-0.25, -0.2) is 9.38 Å². The summed E-state index contributed by atoms with van der Waals surface area (Å²) in [4.78, 5) is 18.0. The van der Waals surface area contributed by atoms with Crippen LogP contribution in [-0.2, 0) is 13.1 Å². The van der Waals surface area contributed by atoms with E-state index in [4.69, 9.17) is 0 Å². The fraction of sp³-hybridized carbons (Fsp3) is 0.333. The van der Waals surface area contributed by atoms with E-state index >= 15 is 0 Å². The summed E-state index contributed by atoms with van der Waals surface area (Å²) in [6.45, 7) is 5.54. The molecule has 2 rings (SSSR count). The standard InChI is InChI=1S/C21H27FN4O.HI/c1-5-23-21(25-14-17-8-11-19(22)15(2)12-17)24-13-16-6-9-18(10-7-16)20(27)26(3)4;/h6-12H,5,13-14H2,1-4H3,(H2,23,24,25);1H. The maximum atomic E-state index is 13.4. The van der Waals surface area contributed by atoms with Crippen LogP contribution in [0.3, 0.4) is 0 Å². The Morgan fingerprint density at radius 3 is 2.29 bits per heavy atom. The third-order valence-corrected chi connectivity index (χ3v) is 4.05. The molecule has 28 heavy (non-hydrogen) atoms. The first-order valence-corrected chi connectivity index (χ1v) is 8.98. The first-order valence-electron chi connectivity index (χ1n) is 8.98. The molecule has 0 bridgehead atoms. The van der Waals surface area contributed by atoms with Crippen LogP contribution >= 0.6 is 24.0 Å². The van der Waals surface area contributed by atoms with Crippen molar-refractivity contribution in [2.24, 2.45) is 4.99 Å². The van der Waals surface area contributed by atoms with Crippen molar-refractivity contribution < 1.29 is 9.18 Å². The Labute approximate surface area is 183 Å². The molecule has 0 saturated carbocycles. The minimum atomic E-state index is -0.205. The summed E-state index contributed by atoms with van der Waals surface area (Å²) in [6.07, 6.45) is 0. The van der Waals surface area contributed by atoms with Gasteiger partial charge in [0.2, 0.25) is 0 Å². The van der Waals surface area contributed by atoms with Gasteiger partial charge in [-0.1, -0.05) is 24.3 Å². The van der Waals surface area contributed by atoms with E-state index in [2.05, 4.69) is 15.6 Å². The molecule has 1 amide bonds. The second-order valence-electron chi connectivity index (χ2n) is 6.53. The van der Waals surface area contributed by atoms with Gasteiger partial charge in [0.15, 0.2) is 5.96 Å². The molecule has 0 saturated heterocycles. The summed E-state index contributed by atoms with van der Waals surface area (Å²) in [6, 6.07) is 12.5. The van der Waals surface area contributed by atoms with Gasteiger partial charge in [-0.2, -0.15) is 0 Å². The van der Waals surface area contributed by atoms with Crippen LogP contribution in [0, 0.1) is 12.7 Å². The van der Waals surface area contributed by atoms with Crippen molar-refractivity contribution in [3.8, 4) is 0 Å². The summed E-state index contributed by atoms with van der Waals surface area (Å²) in [7, 11) is 3.47. The molecule has 0 heterocycles. The molecule has 0 atom stereocenters. The number of benzene rings is 2. The third-order valence-electron chi connectivity index (χ3n) is 4.05. The zero-order chi connectivity index (χ0) is 19.8. The Morgan fingerprint density at radius 2 is 1.71 bits per heavy atom. The molecule has 0 aromatic heterocycles. The summed E-state index contributed by atoms with van der Waals surface area (Å²) < 4.78 is 13.4. The minimum Gasteiger partial charge on any atom is -0.357 e. The van der Waals surface area contributed by atoms with Crippen LogP contribution in [0.2, 0.25) is 0 Å². The minimum absolute atomic E-state index is 0. The molecule has 0 aliphatic rings. The average Bonchev–Trinajstić information content (AvgIpc) is 2.66. The molecule has 7 heteroatoms. The van der Waals surface area contributed by atoms with Crippen LogP contribution in [0.5, 0.6) is 0 Å². The summed E-state index contributed by atoms with van der Waals surface area (Å²) >= 11 is 0. The highest BCUT2D eigenvalue weighted by Gasteiger charge is 2.07. The Hall–Kier alpha value is -2.16. The number of rotatable bonds is 6. The molecule has 5 nitrogen and oxygen atoms in total. The van der Waals surface area contributed by atoms with E-state index in [1.165, 1.54) is 6.07 Å². The van der Waals surface area contributed by atoms with Crippen molar-refractivity contribution in [2.45, 2.75) is 26.9 Å². The van der Waals surface area contributed by atoms with Gasteiger partial charge >= 0.3 is 0 Å². The molecule has 2 aromatic rings. The second kappa shape index (κ2) is 11.6. The van der Waals surface area contributed by atoms with E-state index in [0.717, 1.165) is 17.7 Å². The van der Waals surface area contributed by atoms with Gasteiger partial charge in [0, 0.05) is 32.7 Å². The number of nitrogens with one attached hydrogen (secondary N) is 2. The molecule has 152 valence electrons. The SMILES string of the molecule is CCNC(=NCc1ccc(F)c(C)c1)NCc1ccc(C(=O)N(C)C)cc1.I. The largest absolute Gasteiger partial charge is 0.357 e. The number of aryl methyl sites for hydroxylation is 1. The van der Waals surface area contributed by atoms with Crippen LogP contribution in [0.15, 0.2) is 47.5 Å². The molecule has 2 aromatic carbocycles. The van der Waals surface area contributed by atoms with Crippen molar-refractivity contribution in [3.05, 3.63) is 70.5 Å². The van der Waals surface area contributed by atoms with E-state index in [1.807, 2.05) is 37.3 Å². The molecule has 0 unspecified atom stereocenters. The van der Waals surface area contributed by atoms with Crippen LogP contribution < -0.4 is 10.6 Å². The number of nitrogens with zero attached hydrogens (tertiary/aromatic N) is 2. The highest BCUT2D eigenvalue weighted by atomic mass is 127. The van der Waals surface area contributed by atoms with Gasteiger partial charge in [-0.05, 0) is 48.7 Å². The topological polar surface area (TPSA) is 56.7 Å². The Balaban J connectivity index is 0.00000392. The van der Waals surface area contributed by atoms with Crippen molar-refractivity contribution in [1.82, 2.24) is 15.5 Å². The van der Waals surface area contributed by atoms with Gasteiger partial charge in [0.1, 0.15) is 5.82 Å². The zero-order valence-corrected chi connectivity index (χ0v) is 19.1. The Kier molecular flexibility index (Phi) is 9.92. The number of halogens is 2. The second-order valence-corrected chi connectivity index (χ2v) is 6.53. The highest BCUT2D eigenvalue weighted by Crippen LogP contribution is 2.10. The molecule has 2 N–H and O–H groups in total. The van der Waals surface area contributed by atoms with Crippen LogP contribution in [0.25, 0.3) is 0 Å². The molecular formula is C21H28FIN4O. The summed E-state index contributed by atoms with van der Waals surface area (Å²) in [5, 5.41) is 6.47. The van der Waals surface area contributed by atoms with Crippen molar-refractivity contribution in [2.75, 3.05) is 20.6 Å². The number of amides is 1. The number of guanidine groups is 1. The number of aliphatic imine (C=N–C) groups is 1. The van der Waals surface area contributed by atoms with Gasteiger partial charge < -0.3 is 15.5 Å². The lowest BCUT2D eigenvalue weighted by molar-refractivity contribution is 0.0827. The van der Waals surface area contributed by atoms with Crippen LogP contribution in [0.1, 0.15) is 34.0 Å². The Morgan fingerprint density at radius 1 is 1.07 bits per heavy atom. The van der Waals surface area contributed by atoms with Crippen molar-refractivity contribution in [1.29, 1.82) is 0 Å². The zero-order valence-electron chi connectivity index (χ0n) is 16.8. The lowest BCUT2D eigenvalue weighted by Crippen LogP contribution is -2.36. The van der Waals surface area contributed by atoms with Gasteiger partial charge in [-0.15, -0.1) is 24.0 Å². The maximum Gasteiger partial charge on any atom is 0.253 e. The van der Waals surface area contributed by atoms with E-state index < -0.39 is 0 Å².